The summed E-state index contributed by atoms with van der Waals surface area (Å²) in [6, 6.07) is 1.86. The van der Waals surface area contributed by atoms with Gasteiger partial charge in [-0.2, -0.15) is 23.0 Å². The Hall–Kier alpha value is -2.13. The predicted octanol–water partition coefficient (Wildman–Crippen LogP) is 2.87. The highest BCUT2D eigenvalue weighted by atomic mass is 35.5. The highest BCUT2D eigenvalue weighted by molar-refractivity contribution is 6.33. The van der Waals surface area contributed by atoms with Crippen molar-refractivity contribution in [1.82, 2.24) is 14.8 Å². The van der Waals surface area contributed by atoms with E-state index >= 15 is 0 Å². The Morgan fingerprint density at radius 2 is 2.04 bits per heavy atom. The van der Waals surface area contributed by atoms with Gasteiger partial charge in [0.25, 0.3) is 5.56 Å². The fraction of sp³-hybridized carbons (Fsp3) is 0.438. The van der Waals surface area contributed by atoms with E-state index in [9.17, 15) is 23.1 Å². The van der Waals surface area contributed by atoms with Crippen LogP contribution >= 0.6 is 11.6 Å². The van der Waals surface area contributed by atoms with Gasteiger partial charge in [-0.15, -0.1) is 0 Å². The molecule has 26 heavy (non-hydrogen) atoms. The summed E-state index contributed by atoms with van der Waals surface area (Å²) in [6.07, 6.45) is -0.686. The number of anilines is 1. The first kappa shape index (κ1) is 18.7. The summed E-state index contributed by atoms with van der Waals surface area (Å²) in [7, 11) is 0. The van der Waals surface area contributed by atoms with Crippen LogP contribution in [0.2, 0.25) is 5.02 Å². The minimum Gasteiger partial charge on any atom is -0.394 e. The molecule has 0 bridgehead atoms. The normalized spacial score (nSPS) is 17.0. The molecule has 0 saturated heterocycles. The molecule has 2 aromatic heterocycles. The van der Waals surface area contributed by atoms with Crippen LogP contribution < -0.4 is 10.9 Å². The Kier molecular flexibility index (Phi) is 4.70. The zero-order chi connectivity index (χ0) is 19.1. The van der Waals surface area contributed by atoms with E-state index in [0.29, 0.717) is 6.20 Å². The van der Waals surface area contributed by atoms with Crippen LogP contribution in [-0.2, 0) is 6.18 Å². The zero-order valence-electron chi connectivity index (χ0n) is 13.7. The number of aliphatic hydroxyl groups is 1. The largest absolute Gasteiger partial charge is 0.417 e. The van der Waals surface area contributed by atoms with Gasteiger partial charge in [-0.1, -0.05) is 11.6 Å². The summed E-state index contributed by atoms with van der Waals surface area (Å²) in [5.74, 6) is 0.186. The summed E-state index contributed by atoms with van der Waals surface area (Å²) in [5, 5.41) is 16.4. The Morgan fingerprint density at radius 1 is 1.35 bits per heavy atom. The molecule has 1 aliphatic rings. The van der Waals surface area contributed by atoms with Gasteiger partial charge in [0, 0.05) is 6.20 Å². The smallest absolute Gasteiger partial charge is 0.394 e. The molecule has 2 heterocycles. The number of pyridine rings is 1. The Balaban J connectivity index is 1.91. The number of rotatable bonds is 5. The third-order valence-corrected chi connectivity index (χ3v) is 4.80. The second-order valence-corrected chi connectivity index (χ2v) is 6.84. The standard InChI is InChI=1S/C16H16ClF3N4O2/c1-15(8-25,9-2-3-9)23-11-7-22-24(14(26)13(11)17)12-5-4-10(6-21-12)16(18,19)20/h4-7,9,23,25H,2-3,8H2,1H3. The van der Waals surface area contributed by atoms with Gasteiger partial charge in [-0.05, 0) is 37.8 Å². The third-order valence-electron chi connectivity index (χ3n) is 4.44. The van der Waals surface area contributed by atoms with Gasteiger partial charge in [0.15, 0.2) is 5.82 Å². The summed E-state index contributed by atoms with van der Waals surface area (Å²) in [5.41, 5.74) is -2.03. The Bertz CT molecular complexity index is 865. The Morgan fingerprint density at radius 3 is 2.54 bits per heavy atom. The fourth-order valence-corrected chi connectivity index (χ4v) is 2.84. The van der Waals surface area contributed by atoms with Crippen LogP contribution in [0.3, 0.4) is 0 Å². The van der Waals surface area contributed by atoms with Crippen molar-refractivity contribution in [3.05, 3.63) is 45.5 Å². The number of nitrogens with zero attached hydrogens (tertiary/aromatic N) is 3. The van der Waals surface area contributed by atoms with E-state index in [4.69, 9.17) is 11.6 Å². The number of hydrogen-bond acceptors (Lipinski definition) is 5. The molecule has 0 spiro atoms. The molecule has 1 atom stereocenters. The molecule has 10 heteroatoms. The first-order valence-electron chi connectivity index (χ1n) is 7.86. The molecule has 0 aliphatic heterocycles. The van der Waals surface area contributed by atoms with Crippen molar-refractivity contribution in [3.8, 4) is 5.82 Å². The minimum atomic E-state index is -4.52. The molecule has 0 radical (unpaired) electrons. The van der Waals surface area contributed by atoms with Crippen molar-refractivity contribution in [3.63, 3.8) is 0 Å². The lowest BCUT2D eigenvalue weighted by Gasteiger charge is -2.30. The van der Waals surface area contributed by atoms with E-state index in [2.05, 4.69) is 15.4 Å². The summed E-state index contributed by atoms with van der Waals surface area (Å²) in [6.45, 7) is 1.68. The van der Waals surface area contributed by atoms with E-state index in [1.807, 2.05) is 6.92 Å². The van der Waals surface area contributed by atoms with Crippen molar-refractivity contribution in [2.75, 3.05) is 11.9 Å². The first-order valence-corrected chi connectivity index (χ1v) is 8.24. The van der Waals surface area contributed by atoms with Crippen molar-refractivity contribution in [2.45, 2.75) is 31.5 Å². The summed E-state index contributed by atoms with van der Waals surface area (Å²) >= 11 is 6.12. The maximum absolute atomic E-state index is 12.6. The van der Waals surface area contributed by atoms with Gasteiger partial charge in [-0.25, -0.2) is 4.98 Å². The van der Waals surface area contributed by atoms with Crippen LogP contribution in [0.1, 0.15) is 25.3 Å². The highest BCUT2D eigenvalue weighted by Crippen LogP contribution is 2.41. The lowest BCUT2D eigenvalue weighted by Crippen LogP contribution is -2.42. The van der Waals surface area contributed by atoms with E-state index in [-0.39, 0.29) is 29.1 Å². The number of hydrogen-bond donors (Lipinski definition) is 2. The van der Waals surface area contributed by atoms with E-state index in [1.54, 1.807) is 0 Å². The number of halogens is 4. The second-order valence-electron chi connectivity index (χ2n) is 6.47. The number of nitrogens with one attached hydrogen (secondary N) is 1. The van der Waals surface area contributed by atoms with Crippen molar-refractivity contribution >= 4 is 17.3 Å². The lowest BCUT2D eigenvalue weighted by molar-refractivity contribution is -0.137. The molecule has 1 aliphatic carbocycles. The average Bonchev–Trinajstić information content (AvgIpc) is 3.44. The van der Waals surface area contributed by atoms with Crippen molar-refractivity contribution in [1.29, 1.82) is 0 Å². The van der Waals surface area contributed by atoms with Crippen LogP contribution in [-0.4, -0.2) is 32.0 Å². The lowest BCUT2D eigenvalue weighted by atomic mass is 9.97. The topological polar surface area (TPSA) is 80.0 Å². The predicted molar refractivity (Wildman–Crippen MR) is 89.5 cm³/mol. The van der Waals surface area contributed by atoms with Gasteiger partial charge < -0.3 is 10.4 Å². The molecule has 140 valence electrons. The number of aliphatic hydroxyl groups excluding tert-OH is 1. The maximum atomic E-state index is 12.6. The maximum Gasteiger partial charge on any atom is 0.417 e. The van der Waals surface area contributed by atoms with E-state index in [1.165, 1.54) is 6.20 Å². The molecule has 6 nitrogen and oxygen atoms in total. The fourth-order valence-electron chi connectivity index (χ4n) is 2.66. The van der Waals surface area contributed by atoms with Crippen LogP contribution in [0, 0.1) is 5.92 Å². The highest BCUT2D eigenvalue weighted by Gasteiger charge is 2.41. The molecule has 3 rings (SSSR count). The van der Waals surface area contributed by atoms with E-state index in [0.717, 1.165) is 29.7 Å². The van der Waals surface area contributed by atoms with Gasteiger partial charge in [0.05, 0.1) is 29.6 Å². The van der Waals surface area contributed by atoms with Crippen LogP contribution in [0.25, 0.3) is 5.82 Å². The molecule has 2 aromatic rings. The molecular weight excluding hydrogens is 373 g/mol. The molecule has 0 aromatic carbocycles. The van der Waals surface area contributed by atoms with Gasteiger partial charge >= 0.3 is 6.18 Å². The van der Waals surface area contributed by atoms with Crippen molar-refractivity contribution < 1.29 is 18.3 Å². The second kappa shape index (κ2) is 6.55. The average molecular weight is 389 g/mol. The minimum absolute atomic E-state index is 0.0800. The Labute approximate surface area is 151 Å². The summed E-state index contributed by atoms with van der Waals surface area (Å²) < 4.78 is 38.6. The first-order chi connectivity index (χ1) is 12.2. The molecule has 1 unspecified atom stereocenters. The monoisotopic (exact) mass is 388 g/mol. The quantitative estimate of drug-likeness (QED) is 0.823. The SMILES string of the molecule is CC(CO)(Nc1cnn(-c2ccc(C(F)(F)F)cn2)c(=O)c1Cl)C1CC1. The van der Waals surface area contributed by atoms with Gasteiger partial charge in [0.1, 0.15) is 5.02 Å². The van der Waals surface area contributed by atoms with Gasteiger partial charge in [0.2, 0.25) is 0 Å². The number of aromatic nitrogens is 3. The molecule has 1 saturated carbocycles. The zero-order valence-corrected chi connectivity index (χ0v) is 14.5. The summed E-state index contributed by atoms with van der Waals surface area (Å²) in [4.78, 5) is 16.1. The van der Waals surface area contributed by atoms with Crippen molar-refractivity contribution in [2.24, 2.45) is 5.92 Å². The molecule has 1 fully saturated rings. The van der Waals surface area contributed by atoms with Crippen LogP contribution in [0.5, 0.6) is 0 Å². The van der Waals surface area contributed by atoms with Gasteiger partial charge in [-0.3, -0.25) is 4.79 Å². The molecule has 0 amide bonds. The molecular formula is C16H16ClF3N4O2. The van der Waals surface area contributed by atoms with E-state index < -0.39 is 22.8 Å². The number of alkyl halides is 3. The van der Waals surface area contributed by atoms with Crippen LogP contribution in [0.15, 0.2) is 29.3 Å². The van der Waals surface area contributed by atoms with Crippen LogP contribution in [0.4, 0.5) is 18.9 Å². The third kappa shape index (κ3) is 3.54. The molecule has 2 N–H and O–H groups in total.